The molecule has 0 bridgehead atoms. The molecule has 0 aromatic rings. The van der Waals surface area contributed by atoms with Gasteiger partial charge in [-0.25, -0.2) is 4.57 Å². The largest absolute Gasteiger partial charge is 0.469 e. The molecule has 2 N–H and O–H groups in total. The number of esters is 2. The third-order valence-corrected chi connectivity index (χ3v) is 11.5. The van der Waals surface area contributed by atoms with Crippen molar-refractivity contribution in [2.24, 2.45) is 5.92 Å². The normalized spacial score (nSPS) is 16.9. The van der Waals surface area contributed by atoms with E-state index in [4.69, 9.17) is 24.0 Å². The van der Waals surface area contributed by atoms with E-state index in [9.17, 15) is 14.2 Å². The van der Waals surface area contributed by atoms with Crippen LogP contribution in [0.15, 0.2) is 60.8 Å². The summed E-state index contributed by atoms with van der Waals surface area (Å²) in [5, 5.41) is 0. The summed E-state index contributed by atoms with van der Waals surface area (Å²) in [7, 11) is -4.78. The van der Waals surface area contributed by atoms with Crippen LogP contribution < -0.4 is 0 Å². The lowest BCUT2D eigenvalue weighted by Crippen LogP contribution is -2.29. The summed E-state index contributed by atoms with van der Waals surface area (Å²) in [6.07, 6.45) is 52.8. The van der Waals surface area contributed by atoms with E-state index >= 15 is 0 Å². The maximum atomic E-state index is 12.5. The molecular formula is C50H87O9P. The first-order chi connectivity index (χ1) is 29.1. The van der Waals surface area contributed by atoms with Gasteiger partial charge in [0.15, 0.2) is 6.10 Å². The Bertz CT molecular complexity index is 1240. The number of allylic oxidation sites excluding steroid dienone is 8. The lowest BCUT2D eigenvalue weighted by molar-refractivity contribution is -0.161. The van der Waals surface area contributed by atoms with E-state index in [2.05, 4.69) is 73.9 Å². The van der Waals surface area contributed by atoms with Crippen LogP contribution in [0.5, 0.6) is 0 Å². The van der Waals surface area contributed by atoms with E-state index in [1.807, 2.05) is 12.2 Å². The predicted octanol–water partition coefficient (Wildman–Crippen LogP) is 14.1. The molecule has 0 amide bonds. The molecule has 1 fully saturated rings. The van der Waals surface area contributed by atoms with Crippen molar-refractivity contribution in [3.63, 3.8) is 0 Å². The topological polar surface area (TPSA) is 132 Å². The molecule has 60 heavy (non-hydrogen) atoms. The van der Waals surface area contributed by atoms with Crippen LogP contribution in [0.3, 0.4) is 0 Å². The Balaban J connectivity index is 2.04. The van der Waals surface area contributed by atoms with Gasteiger partial charge in [-0.05, 0) is 57.3 Å². The third-order valence-electron chi connectivity index (χ3n) is 11.0. The molecule has 346 valence electrons. The number of carbonyl (C=O) groups excluding carboxylic acids is 2. The van der Waals surface area contributed by atoms with E-state index in [-0.39, 0.29) is 19.4 Å². The second-order valence-electron chi connectivity index (χ2n) is 16.7. The Morgan fingerprint density at radius 2 is 1.03 bits per heavy atom. The number of hydrogen-bond donors (Lipinski definition) is 2. The van der Waals surface area contributed by atoms with Crippen molar-refractivity contribution in [2.45, 2.75) is 225 Å². The zero-order valence-electron chi connectivity index (χ0n) is 38.2. The van der Waals surface area contributed by atoms with Crippen LogP contribution >= 0.6 is 7.82 Å². The quantitative estimate of drug-likeness (QED) is 0.0202. The average Bonchev–Trinajstić information content (AvgIpc) is 3.98. The molecule has 0 aromatic carbocycles. The minimum absolute atomic E-state index is 0.138. The zero-order chi connectivity index (χ0) is 43.8. The number of carbonyl (C=O) groups is 2. The number of rotatable bonds is 42. The van der Waals surface area contributed by atoms with Crippen LogP contribution in [-0.4, -0.2) is 53.3 Å². The molecule has 1 aliphatic rings. The first-order valence-corrected chi connectivity index (χ1v) is 25.6. The van der Waals surface area contributed by atoms with Gasteiger partial charge in [0.1, 0.15) is 6.61 Å². The Morgan fingerprint density at radius 1 is 0.583 bits per heavy atom. The molecule has 3 unspecified atom stereocenters. The van der Waals surface area contributed by atoms with Crippen molar-refractivity contribution >= 4 is 19.8 Å². The number of ether oxygens (including phenoxy) is 3. The molecule has 1 aliphatic heterocycles. The lowest BCUT2D eigenvalue weighted by atomic mass is 9.99. The minimum Gasteiger partial charge on any atom is -0.462 e. The van der Waals surface area contributed by atoms with Gasteiger partial charge in [0, 0.05) is 12.8 Å². The second-order valence-corrected chi connectivity index (χ2v) is 17.9. The van der Waals surface area contributed by atoms with Gasteiger partial charge in [-0.1, -0.05) is 204 Å². The van der Waals surface area contributed by atoms with Crippen LogP contribution in [0.1, 0.15) is 207 Å². The molecule has 0 aliphatic carbocycles. The average molecular weight is 863 g/mol. The Hall–Kier alpha value is -2.29. The maximum absolute atomic E-state index is 12.5. The lowest BCUT2D eigenvalue weighted by Gasteiger charge is -2.18. The van der Waals surface area contributed by atoms with Gasteiger partial charge >= 0.3 is 19.8 Å². The Morgan fingerprint density at radius 3 is 1.52 bits per heavy atom. The highest BCUT2D eigenvalue weighted by molar-refractivity contribution is 7.46. The van der Waals surface area contributed by atoms with Crippen LogP contribution in [0.4, 0.5) is 0 Å². The van der Waals surface area contributed by atoms with Crippen molar-refractivity contribution in [3.8, 4) is 0 Å². The number of epoxide rings is 1. The van der Waals surface area contributed by atoms with Gasteiger partial charge < -0.3 is 24.0 Å². The highest BCUT2D eigenvalue weighted by Crippen LogP contribution is 2.36. The molecule has 9 nitrogen and oxygen atoms in total. The molecule has 1 rings (SSSR count). The van der Waals surface area contributed by atoms with Crippen molar-refractivity contribution in [3.05, 3.63) is 60.8 Å². The van der Waals surface area contributed by atoms with E-state index < -0.39 is 32.5 Å². The molecule has 0 aromatic heterocycles. The third kappa shape index (κ3) is 38.6. The van der Waals surface area contributed by atoms with Gasteiger partial charge in [0.05, 0.1) is 18.8 Å². The summed E-state index contributed by atoms with van der Waals surface area (Å²) >= 11 is 0. The predicted molar refractivity (Wildman–Crippen MR) is 248 cm³/mol. The SMILES string of the molecule is CC/C=C\CC1OC1C/C=C\C/C=C\C/C=C\C/C=C\CCC(=O)OC[C@H](COP(=O)(O)O)OC(=O)CCCCCCCCCCCCCCCCCCCCC(C)CC. The maximum Gasteiger partial charge on any atom is 0.469 e. The first kappa shape index (κ1) is 55.7. The molecule has 0 radical (unpaired) electrons. The van der Waals surface area contributed by atoms with Crippen LogP contribution in [0.2, 0.25) is 0 Å². The summed E-state index contributed by atoms with van der Waals surface area (Å²) in [5.41, 5.74) is 0. The van der Waals surface area contributed by atoms with Gasteiger partial charge in [-0.2, -0.15) is 0 Å². The molecule has 1 saturated heterocycles. The highest BCUT2D eigenvalue weighted by atomic mass is 31.2. The minimum atomic E-state index is -4.78. The van der Waals surface area contributed by atoms with Crippen molar-refractivity contribution in [2.75, 3.05) is 13.2 Å². The molecule has 0 spiro atoms. The van der Waals surface area contributed by atoms with Crippen LogP contribution in [0.25, 0.3) is 0 Å². The fourth-order valence-electron chi connectivity index (χ4n) is 6.95. The number of hydrogen-bond acceptors (Lipinski definition) is 7. The Labute approximate surface area is 366 Å². The van der Waals surface area contributed by atoms with Crippen molar-refractivity contribution < 1.29 is 42.7 Å². The van der Waals surface area contributed by atoms with Crippen molar-refractivity contribution in [1.82, 2.24) is 0 Å². The summed E-state index contributed by atoms with van der Waals surface area (Å²) in [6, 6.07) is 0. The zero-order valence-corrected chi connectivity index (χ0v) is 39.1. The summed E-state index contributed by atoms with van der Waals surface area (Å²) < 4.78 is 32.1. The fourth-order valence-corrected chi connectivity index (χ4v) is 7.31. The van der Waals surface area contributed by atoms with E-state index in [0.717, 1.165) is 63.7 Å². The standard InChI is InChI=1S/C50H87O9P/c1-4-6-33-39-47-48(59-47)40-35-30-26-22-18-15-16-19-23-27-31-36-41-49(51)56-43-46(44-57-60(53,54)55)58-50(52)42-37-32-28-24-20-14-12-10-8-7-9-11-13-17-21-25-29-34-38-45(3)5-2/h6,16,18-19,22,27,30-31,33,35,45-48H,4-5,7-15,17,20-21,23-26,28-29,32,34,36-44H2,1-3H3,(H2,53,54,55)/b19-16-,22-18-,31-27-,33-6-,35-30-/t45?,46-,47?,48?/m1/s1. The number of unbranched alkanes of at least 4 members (excludes halogenated alkanes) is 17. The van der Waals surface area contributed by atoms with E-state index in [0.29, 0.717) is 25.0 Å². The van der Waals surface area contributed by atoms with Gasteiger partial charge in [-0.15, -0.1) is 0 Å². The smallest absolute Gasteiger partial charge is 0.462 e. The van der Waals surface area contributed by atoms with E-state index in [1.54, 1.807) is 0 Å². The first-order valence-electron chi connectivity index (χ1n) is 24.1. The summed E-state index contributed by atoms with van der Waals surface area (Å²) in [4.78, 5) is 43.0. The van der Waals surface area contributed by atoms with Gasteiger partial charge in [0.2, 0.25) is 0 Å². The molecule has 1 heterocycles. The summed E-state index contributed by atoms with van der Waals surface area (Å²) in [6.45, 7) is 5.91. The Kier molecular flexibility index (Phi) is 36.7. The molecule has 0 saturated carbocycles. The van der Waals surface area contributed by atoms with Gasteiger partial charge in [-0.3, -0.25) is 14.1 Å². The number of phosphoric ester groups is 1. The fraction of sp³-hybridized carbons (Fsp3) is 0.760. The second kappa shape index (κ2) is 39.5. The highest BCUT2D eigenvalue weighted by Gasteiger charge is 2.36. The molecule has 10 heteroatoms. The van der Waals surface area contributed by atoms with Gasteiger partial charge in [0.25, 0.3) is 0 Å². The van der Waals surface area contributed by atoms with Crippen LogP contribution in [0, 0.1) is 5.92 Å². The molecule has 4 atom stereocenters. The van der Waals surface area contributed by atoms with Crippen molar-refractivity contribution in [1.29, 1.82) is 0 Å². The van der Waals surface area contributed by atoms with E-state index in [1.165, 1.54) is 103 Å². The molecular weight excluding hydrogens is 776 g/mol. The summed E-state index contributed by atoms with van der Waals surface area (Å²) in [5.74, 6) is -0.0872. The van der Waals surface area contributed by atoms with Crippen LogP contribution in [-0.2, 0) is 32.9 Å². The monoisotopic (exact) mass is 863 g/mol. The number of phosphoric acid groups is 1.